The summed E-state index contributed by atoms with van der Waals surface area (Å²) in [7, 11) is 2.06. The van der Waals surface area contributed by atoms with E-state index in [-0.39, 0.29) is 0 Å². The highest BCUT2D eigenvalue weighted by molar-refractivity contribution is 4.79. The van der Waals surface area contributed by atoms with Gasteiger partial charge in [-0.15, -0.1) is 9.36 Å². The fraction of sp³-hybridized carbons (Fsp3) is 0.571. The van der Waals surface area contributed by atoms with E-state index in [2.05, 4.69) is 40.2 Å². The van der Waals surface area contributed by atoms with Gasteiger partial charge in [0.15, 0.2) is 13.2 Å². The minimum atomic E-state index is 0.542. The number of nitrogens with zero attached hydrogens (tertiary/aromatic N) is 2. The Morgan fingerprint density at radius 3 is 2.90 bits per heavy atom. The van der Waals surface area contributed by atoms with Crippen molar-refractivity contribution in [2.45, 2.75) is 12.6 Å². The molecule has 1 unspecified atom stereocenters. The Balaban J connectivity index is 2.23. The van der Waals surface area contributed by atoms with Crippen molar-refractivity contribution in [3.8, 4) is 0 Å². The molecule has 2 rings (SSSR count). The molecule has 1 aliphatic rings. The van der Waals surface area contributed by atoms with Crippen LogP contribution in [0.4, 0.5) is 0 Å². The van der Waals surface area contributed by atoms with Crippen molar-refractivity contribution in [2.24, 2.45) is 7.05 Å². The standard InChI is InChI=1S/C7H12N3/c1-9-5-2-6-10(9)7-3-4-8-7/h2,5-8H,3-4H2,1H3/q+1. The van der Waals surface area contributed by atoms with E-state index >= 15 is 0 Å². The van der Waals surface area contributed by atoms with Crippen LogP contribution in [0.2, 0.25) is 0 Å². The maximum absolute atomic E-state index is 3.33. The van der Waals surface area contributed by atoms with Gasteiger partial charge in [-0.2, -0.15) is 0 Å². The number of hydrogen-bond acceptors (Lipinski definition) is 1. The first kappa shape index (κ1) is 5.92. The number of nitrogens with one attached hydrogen (secondary N) is 1. The largest absolute Gasteiger partial charge is 0.292 e. The summed E-state index contributed by atoms with van der Waals surface area (Å²) in [5, 5.41) is 3.33. The zero-order valence-corrected chi connectivity index (χ0v) is 6.12. The lowest BCUT2D eigenvalue weighted by atomic mass is 10.2. The molecule has 0 aromatic carbocycles. The summed E-state index contributed by atoms with van der Waals surface area (Å²) >= 11 is 0. The molecule has 3 nitrogen and oxygen atoms in total. The first-order chi connectivity index (χ1) is 4.88. The molecule has 0 radical (unpaired) electrons. The Bertz CT molecular complexity index is 225. The van der Waals surface area contributed by atoms with Crippen molar-refractivity contribution in [2.75, 3.05) is 6.54 Å². The number of aromatic nitrogens is 2. The molecule has 1 saturated heterocycles. The fourth-order valence-corrected chi connectivity index (χ4v) is 1.26. The minimum absolute atomic E-state index is 0.542. The molecule has 1 aromatic rings. The van der Waals surface area contributed by atoms with Gasteiger partial charge in [0.1, 0.15) is 6.17 Å². The van der Waals surface area contributed by atoms with E-state index in [1.807, 2.05) is 0 Å². The third-order valence-corrected chi connectivity index (χ3v) is 2.02. The van der Waals surface area contributed by atoms with Crippen molar-refractivity contribution in [3.05, 3.63) is 18.5 Å². The molecule has 1 aliphatic heterocycles. The third kappa shape index (κ3) is 0.743. The lowest BCUT2D eigenvalue weighted by molar-refractivity contribution is -0.757. The molecule has 2 heterocycles. The minimum Gasteiger partial charge on any atom is -0.292 e. The van der Waals surface area contributed by atoms with Gasteiger partial charge >= 0.3 is 0 Å². The van der Waals surface area contributed by atoms with Crippen molar-refractivity contribution < 1.29 is 4.68 Å². The summed E-state index contributed by atoms with van der Waals surface area (Å²) in [5.74, 6) is 0. The Labute approximate surface area is 60.3 Å². The van der Waals surface area contributed by atoms with E-state index in [4.69, 9.17) is 0 Å². The summed E-state index contributed by atoms with van der Waals surface area (Å²) in [6, 6.07) is 2.06. The molecule has 0 amide bonds. The average molecular weight is 138 g/mol. The Morgan fingerprint density at radius 2 is 2.50 bits per heavy atom. The van der Waals surface area contributed by atoms with Crippen molar-refractivity contribution in [1.82, 2.24) is 10.00 Å². The summed E-state index contributed by atoms with van der Waals surface area (Å²) in [5.41, 5.74) is 0. The van der Waals surface area contributed by atoms with Crippen molar-refractivity contribution >= 4 is 0 Å². The lowest BCUT2D eigenvalue weighted by Gasteiger charge is -2.25. The van der Waals surface area contributed by atoms with Crippen molar-refractivity contribution in [1.29, 1.82) is 0 Å². The summed E-state index contributed by atoms with van der Waals surface area (Å²) in [4.78, 5) is 0. The molecular formula is C7H12N3+. The van der Waals surface area contributed by atoms with Crippen molar-refractivity contribution in [3.63, 3.8) is 0 Å². The van der Waals surface area contributed by atoms with Gasteiger partial charge < -0.3 is 0 Å². The van der Waals surface area contributed by atoms with Gasteiger partial charge in [-0.05, 0) is 6.42 Å². The molecule has 1 fully saturated rings. The second kappa shape index (κ2) is 2.09. The molecule has 3 heteroatoms. The normalized spacial score (nSPS) is 24.3. The quantitative estimate of drug-likeness (QED) is 0.533. The first-order valence-corrected chi connectivity index (χ1v) is 3.64. The molecule has 1 aromatic heterocycles. The molecule has 1 atom stereocenters. The van der Waals surface area contributed by atoms with Crippen LogP contribution >= 0.6 is 0 Å². The zero-order chi connectivity index (χ0) is 6.97. The monoisotopic (exact) mass is 138 g/mol. The van der Waals surface area contributed by atoms with Crippen LogP contribution in [0.5, 0.6) is 0 Å². The van der Waals surface area contributed by atoms with E-state index in [1.54, 1.807) is 0 Å². The summed E-state index contributed by atoms with van der Waals surface area (Å²) < 4.78 is 4.29. The van der Waals surface area contributed by atoms with Crippen LogP contribution < -0.4 is 10.00 Å². The van der Waals surface area contributed by atoms with Gasteiger partial charge in [-0.3, -0.25) is 5.32 Å². The van der Waals surface area contributed by atoms with Gasteiger partial charge in [0.05, 0.1) is 6.20 Å². The van der Waals surface area contributed by atoms with E-state index < -0.39 is 0 Å². The van der Waals surface area contributed by atoms with Gasteiger partial charge in [0.2, 0.25) is 0 Å². The van der Waals surface area contributed by atoms with E-state index in [1.165, 1.54) is 6.42 Å². The molecule has 1 N–H and O–H groups in total. The van der Waals surface area contributed by atoms with Gasteiger partial charge in [0.25, 0.3) is 0 Å². The smallest absolute Gasteiger partial charge is 0.195 e. The summed E-state index contributed by atoms with van der Waals surface area (Å²) in [6.07, 6.45) is 5.94. The van der Waals surface area contributed by atoms with Crippen LogP contribution in [-0.2, 0) is 7.05 Å². The Morgan fingerprint density at radius 1 is 1.70 bits per heavy atom. The molecular weight excluding hydrogens is 126 g/mol. The molecule has 0 spiro atoms. The Hall–Kier alpha value is -0.830. The SMILES string of the molecule is C[n+]1cccn1C1CCN1. The second-order valence-electron chi connectivity index (χ2n) is 2.70. The predicted octanol–water partition coefficient (Wildman–Crippen LogP) is -0.196. The predicted molar refractivity (Wildman–Crippen MR) is 37.3 cm³/mol. The first-order valence-electron chi connectivity index (χ1n) is 3.64. The number of hydrogen-bond donors (Lipinski definition) is 1. The van der Waals surface area contributed by atoms with Crippen LogP contribution in [0.3, 0.4) is 0 Å². The van der Waals surface area contributed by atoms with E-state index in [0.717, 1.165) is 6.54 Å². The van der Waals surface area contributed by atoms with Crippen LogP contribution in [0.1, 0.15) is 12.6 Å². The number of rotatable bonds is 1. The highest BCUT2D eigenvalue weighted by Gasteiger charge is 2.22. The fourth-order valence-electron chi connectivity index (χ4n) is 1.26. The van der Waals surface area contributed by atoms with E-state index in [9.17, 15) is 0 Å². The maximum Gasteiger partial charge on any atom is 0.195 e. The molecule has 0 bridgehead atoms. The molecule has 0 aliphatic carbocycles. The highest BCUT2D eigenvalue weighted by atomic mass is 15.4. The average Bonchev–Trinajstić information content (AvgIpc) is 2.12. The molecule has 54 valence electrons. The van der Waals surface area contributed by atoms with Gasteiger partial charge in [-0.1, -0.05) is 0 Å². The molecule has 10 heavy (non-hydrogen) atoms. The number of aryl methyl sites for hydroxylation is 1. The third-order valence-electron chi connectivity index (χ3n) is 2.02. The Kier molecular flexibility index (Phi) is 1.24. The van der Waals surface area contributed by atoms with Crippen LogP contribution in [0, 0.1) is 0 Å². The van der Waals surface area contributed by atoms with Crippen LogP contribution in [-0.4, -0.2) is 11.2 Å². The topological polar surface area (TPSA) is 20.8 Å². The highest BCUT2D eigenvalue weighted by Crippen LogP contribution is 2.11. The lowest BCUT2D eigenvalue weighted by Crippen LogP contribution is -2.50. The second-order valence-corrected chi connectivity index (χ2v) is 2.70. The molecule has 0 saturated carbocycles. The zero-order valence-electron chi connectivity index (χ0n) is 6.12. The van der Waals surface area contributed by atoms with E-state index in [0.29, 0.717) is 6.17 Å². The van der Waals surface area contributed by atoms with Gasteiger partial charge in [0, 0.05) is 12.6 Å². The van der Waals surface area contributed by atoms with Gasteiger partial charge in [-0.25, -0.2) is 0 Å². The van der Waals surface area contributed by atoms with Crippen LogP contribution in [0.25, 0.3) is 0 Å². The van der Waals surface area contributed by atoms with Crippen LogP contribution in [0.15, 0.2) is 18.5 Å². The summed E-state index contributed by atoms with van der Waals surface area (Å²) in [6.45, 7) is 1.16. The maximum atomic E-state index is 3.33.